The maximum atomic E-state index is 6.32. The third-order valence-electron chi connectivity index (χ3n) is 4.67. The summed E-state index contributed by atoms with van der Waals surface area (Å²) in [5, 5.41) is 0. The molecule has 2 aromatic carbocycles. The Hall–Kier alpha value is -2.29. The molecule has 1 unspecified atom stereocenters. The highest BCUT2D eigenvalue weighted by atomic mass is 16.5. The zero-order valence-corrected chi connectivity index (χ0v) is 13.7. The van der Waals surface area contributed by atoms with Crippen LogP contribution < -0.4 is 4.74 Å². The topological polar surface area (TPSA) is 27.1 Å². The van der Waals surface area contributed by atoms with Gasteiger partial charge in [0.1, 0.15) is 17.7 Å². The van der Waals surface area contributed by atoms with Crippen LogP contribution in [0.3, 0.4) is 0 Å². The van der Waals surface area contributed by atoms with Crippen LogP contribution in [0.4, 0.5) is 0 Å². The lowest BCUT2D eigenvalue weighted by molar-refractivity contribution is 0.174. The van der Waals surface area contributed by atoms with Crippen LogP contribution >= 0.6 is 0 Å². The number of rotatable bonds is 3. The van der Waals surface area contributed by atoms with Crippen molar-refractivity contribution in [1.82, 2.24) is 9.55 Å². The summed E-state index contributed by atoms with van der Waals surface area (Å²) >= 11 is 0. The van der Waals surface area contributed by atoms with Crippen molar-refractivity contribution in [3.05, 3.63) is 48.0 Å². The van der Waals surface area contributed by atoms with Gasteiger partial charge in [-0.05, 0) is 43.5 Å². The van der Waals surface area contributed by atoms with E-state index in [4.69, 9.17) is 9.72 Å². The predicted molar refractivity (Wildman–Crippen MR) is 93.8 cm³/mol. The van der Waals surface area contributed by atoms with E-state index in [9.17, 15) is 0 Å². The van der Waals surface area contributed by atoms with E-state index >= 15 is 0 Å². The Morgan fingerprint density at radius 2 is 2.04 bits per heavy atom. The molecule has 1 aliphatic rings. The molecule has 0 saturated carbocycles. The van der Waals surface area contributed by atoms with Gasteiger partial charge in [0.25, 0.3) is 0 Å². The average molecular weight is 306 g/mol. The number of fused-ring (bicyclic) bond motifs is 5. The van der Waals surface area contributed by atoms with E-state index in [1.165, 1.54) is 23.9 Å². The highest BCUT2D eigenvalue weighted by Crippen LogP contribution is 2.36. The minimum atomic E-state index is 0.204. The molecule has 0 radical (unpaired) electrons. The van der Waals surface area contributed by atoms with Crippen molar-refractivity contribution in [2.75, 3.05) is 0 Å². The molecule has 2 heterocycles. The smallest absolute Gasteiger partial charge is 0.145 e. The van der Waals surface area contributed by atoms with E-state index < -0.39 is 0 Å². The Kier molecular flexibility index (Phi) is 3.56. The number of aryl methyl sites for hydroxylation is 1. The third kappa shape index (κ3) is 2.40. The fraction of sp³-hybridized carbons (Fsp3) is 0.350. The predicted octanol–water partition coefficient (Wildman–Crippen LogP) is 4.96. The molecule has 0 amide bonds. The second-order valence-corrected chi connectivity index (χ2v) is 6.37. The summed E-state index contributed by atoms with van der Waals surface area (Å²) in [6.07, 6.45) is 3.66. The van der Waals surface area contributed by atoms with E-state index in [0.29, 0.717) is 0 Å². The van der Waals surface area contributed by atoms with Crippen LogP contribution in [0.5, 0.6) is 5.75 Å². The quantitative estimate of drug-likeness (QED) is 0.683. The largest absolute Gasteiger partial charge is 0.488 e. The van der Waals surface area contributed by atoms with Gasteiger partial charge in [-0.3, -0.25) is 0 Å². The number of imidazole rings is 1. The number of hydrogen-bond acceptors (Lipinski definition) is 2. The third-order valence-corrected chi connectivity index (χ3v) is 4.67. The van der Waals surface area contributed by atoms with Gasteiger partial charge in [-0.1, -0.05) is 37.6 Å². The van der Waals surface area contributed by atoms with Crippen LogP contribution in [-0.4, -0.2) is 15.7 Å². The number of nitrogens with zero attached hydrogens (tertiary/aromatic N) is 2. The van der Waals surface area contributed by atoms with E-state index in [1.54, 1.807) is 0 Å². The molecule has 3 heteroatoms. The average Bonchev–Trinajstić information content (AvgIpc) is 2.85. The van der Waals surface area contributed by atoms with Gasteiger partial charge in [-0.2, -0.15) is 0 Å². The van der Waals surface area contributed by atoms with Gasteiger partial charge in [-0.25, -0.2) is 4.98 Å². The molecule has 23 heavy (non-hydrogen) atoms. The van der Waals surface area contributed by atoms with Crippen molar-refractivity contribution in [3.8, 4) is 17.1 Å². The number of hydrogen-bond donors (Lipinski definition) is 0. The van der Waals surface area contributed by atoms with Crippen LogP contribution in [-0.2, 0) is 6.54 Å². The monoisotopic (exact) mass is 306 g/mol. The number of ether oxygens (including phenoxy) is 1. The molecular formula is C20H22N2O. The van der Waals surface area contributed by atoms with E-state index in [0.717, 1.165) is 35.6 Å². The molecular weight excluding hydrogens is 284 g/mol. The number of benzene rings is 2. The molecule has 1 aliphatic heterocycles. The van der Waals surface area contributed by atoms with Crippen molar-refractivity contribution >= 4 is 11.0 Å². The van der Waals surface area contributed by atoms with Crippen LogP contribution in [0.1, 0.15) is 31.7 Å². The fourth-order valence-electron chi connectivity index (χ4n) is 3.43. The Balaban J connectivity index is 1.92. The lowest BCUT2D eigenvalue weighted by atomic mass is 10.1. The van der Waals surface area contributed by atoms with Crippen LogP contribution in [0.2, 0.25) is 0 Å². The molecule has 3 nitrogen and oxygen atoms in total. The molecule has 0 saturated heterocycles. The highest BCUT2D eigenvalue weighted by Gasteiger charge is 2.24. The van der Waals surface area contributed by atoms with E-state index in [2.05, 4.69) is 54.8 Å². The van der Waals surface area contributed by atoms with E-state index in [1.807, 2.05) is 6.07 Å². The first-order chi connectivity index (χ1) is 11.3. The summed E-state index contributed by atoms with van der Waals surface area (Å²) in [4.78, 5) is 4.95. The summed E-state index contributed by atoms with van der Waals surface area (Å²) in [6, 6.07) is 14.7. The molecule has 0 bridgehead atoms. The van der Waals surface area contributed by atoms with Crippen molar-refractivity contribution in [2.45, 2.75) is 45.8 Å². The molecule has 0 fully saturated rings. The van der Waals surface area contributed by atoms with Gasteiger partial charge in [0.2, 0.25) is 0 Å². The molecule has 3 aromatic rings. The van der Waals surface area contributed by atoms with Crippen molar-refractivity contribution in [1.29, 1.82) is 0 Å². The molecule has 0 aliphatic carbocycles. The standard InChI is InChI=1S/C20H22N2O/c1-3-4-9-15-13-22-17-11-7-8-14(2)19(17)21-20(22)16-10-5-6-12-18(16)23-15/h5-8,10-12,15H,3-4,9,13H2,1-2H3. The normalized spacial score (nSPS) is 16.5. The number of para-hydroxylation sites is 2. The first-order valence-electron chi connectivity index (χ1n) is 8.50. The van der Waals surface area contributed by atoms with Gasteiger partial charge in [-0.15, -0.1) is 0 Å². The van der Waals surface area contributed by atoms with Gasteiger partial charge in [0, 0.05) is 0 Å². The Labute approximate surface area is 136 Å². The lowest BCUT2D eigenvalue weighted by Gasteiger charge is -2.18. The number of aromatic nitrogens is 2. The summed E-state index contributed by atoms with van der Waals surface area (Å²) < 4.78 is 8.66. The molecule has 0 spiro atoms. The summed E-state index contributed by atoms with van der Waals surface area (Å²) in [5.41, 5.74) is 4.64. The Morgan fingerprint density at radius 3 is 2.91 bits per heavy atom. The molecule has 118 valence electrons. The molecule has 4 rings (SSSR count). The van der Waals surface area contributed by atoms with Crippen molar-refractivity contribution < 1.29 is 4.74 Å². The molecule has 0 N–H and O–H groups in total. The minimum absolute atomic E-state index is 0.204. The van der Waals surface area contributed by atoms with Gasteiger partial charge in [0.05, 0.1) is 23.1 Å². The Bertz CT molecular complexity index is 850. The minimum Gasteiger partial charge on any atom is -0.488 e. The maximum Gasteiger partial charge on any atom is 0.145 e. The molecule has 1 atom stereocenters. The van der Waals surface area contributed by atoms with Crippen molar-refractivity contribution in [2.24, 2.45) is 0 Å². The summed E-state index contributed by atoms with van der Waals surface area (Å²) in [5.74, 6) is 1.99. The van der Waals surface area contributed by atoms with Crippen LogP contribution in [0.25, 0.3) is 22.4 Å². The zero-order chi connectivity index (χ0) is 15.8. The number of unbranched alkanes of at least 4 members (excludes halogenated alkanes) is 1. The maximum absolute atomic E-state index is 6.32. The molecule has 1 aromatic heterocycles. The first-order valence-corrected chi connectivity index (χ1v) is 8.50. The van der Waals surface area contributed by atoms with Gasteiger partial charge < -0.3 is 9.30 Å². The zero-order valence-electron chi connectivity index (χ0n) is 13.7. The summed E-state index contributed by atoms with van der Waals surface area (Å²) in [6.45, 7) is 5.22. The van der Waals surface area contributed by atoms with Crippen LogP contribution in [0.15, 0.2) is 42.5 Å². The van der Waals surface area contributed by atoms with E-state index in [-0.39, 0.29) is 6.10 Å². The van der Waals surface area contributed by atoms with Crippen molar-refractivity contribution in [3.63, 3.8) is 0 Å². The Morgan fingerprint density at radius 1 is 1.17 bits per heavy atom. The van der Waals surface area contributed by atoms with Gasteiger partial charge >= 0.3 is 0 Å². The SMILES string of the molecule is CCCCC1Cn2c(nc3c(C)cccc32)-c2ccccc2O1. The van der Waals surface area contributed by atoms with Gasteiger partial charge in [0.15, 0.2) is 0 Å². The first kappa shape index (κ1) is 14.3. The fourth-order valence-corrected chi connectivity index (χ4v) is 3.43. The summed E-state index contributed by atoms with van der Waals surface area (Å²) in [7, 11) is 0. The second-order valence-electron chi connectivity index (χ2n) is 6.37. The highest BCUT2D eigenvalue weighted by molar-refractivity contribution is 5.84. The van der Waals surface area contributed by atoms with Crippen LogP contribution in [0, 0.1) is 6.92 Å². The lowest BCUT2D eigenvalue weighted by Crippen LogP contribution is -2.21. The second kappa shape index (κ2) is 5.73.